The fourth-order valence-corrected chi connectivity index (χ4v) is 2.00. The summed E-state index contributed by atoms with van der Waals surface area (Å²) in [5, 5.41) is 0. The summed E-state index contributed by atoms with van der Waals surface area (Å²) >= 11 is 0. The van der Waals surface area contributed by atoms with E-state index in [9.17, 15) is 9.59 Å². The fourth-order valence-electron chi connectivity index (χ4n) is 2.00. The Labute approximate surface area is 103 Å². The van der Waals surface area contributed by atoms with Crippen molar-refractivity contribution in [2.24, 2.45) is 5.92 Å². The molecule has 0 bridgehead atoms. The second-order valence-corrected chi connectivity index (χ2v) is 6.34. The number of carbonyl (C=O) groups excluding carboxylic acids is 2. The summed E-state index contributed by atoms with van der Waals surface area (Å²) in [6.07, 6.45) is 2.28. The third-order valence-corrected chi connectivity index (χ3v) is 3.08. The van der Waals surface area contributed by atoms with E-state index in [2.05, 4.69) is 0 Å². The molecule has 0 N–H and O–H groups in total. The van der Waals surface area contributed by atoms with Crippen LogP contribution in [0.1, 0.15) is 47.5 Å². The van der Waals surface area contributed by atoms with Crippen molar-refractivity contribution in [1.29, 1.82) is 0 Å². The van der Waals surface area contributed by atoms with Crippen LogP contribution in [0.4, 0.5) is 4.79 Å². The van der Waals surface area contributed by atoms with Crippen LogP contribution in [-0.2, 0) is 9.53 Å². The summed E-state index contributed by atoms with van der Waals surface area (Å²) < 4.78 is 5.38. The predicted molar refractivity (Wildman–Crippen MR) is 65.8 cm³/mol. The Morgan fingerprint density at radius 1 is 1.41 bits per heavy atom. The van der Waals surface area contributed by atoms with Gasteiger partial charge in [0.05, 0.1) is 0 Å². The second kappa shape index (κ2) is 4.67. The maximum absolute atomic E-state index is 12.1. The Hall–Kier alpha value is -1.06. The number of aldehydes is 1. The number of hydrogen-bond acceptors (Lipinski definition) is 3. The van der Waals surface area contributed by atoms with E-state index < -0.39 is 5.60 Å². The van der Waals surface area contributed by atoms with Crippen molar-refractivity contribution < 1.29 is 14.3 Å². The minimum Gasteiger partial charge on any atom is -0.444 e. The summed E-state index contributed by atoms with van der Waals surface area (Å²) in [7, 11) is 0. The van der Waals surface area contributed by atoms with Crippen LogP contribution in [0.3, 0.4) is 0 Å². The van der Waals surface area contributed by atoms with Gasteiger partial charge in [0, 0.05) is 18.0 Å². The maximum Gasteiger partial charge on any atom is 0.410 e. The molecule has 0 saturated carbocycles. The third kappa shape index (κ3) is 3.72. The molecule has 0 spiro atoms. The molecule has 1 amide bonds. The first kappa shape index (κ1) is 14.0. The van der Waals surface area contributed by atoms with Crippen molar-refractivity contribution in [2.45, 2.75) is 58.6 Å². The predicted octanol–water partition coefficient (Wildman–Crippen LogP) is 2.61. The molecule has 1 fully saturated rings. The number of carbonyl (C=O) groups is 2. The average molecular weight is 241 g/mol. The molecule has 4 nitrogen and oxygen atoms in total. The van der Waals surface area contributed by atoms with Crippen molar-refractivity contribution in [1.82, 2.24) is 4.90 Å². The van der Waals surface area contributed by atoms with Crippen molar-refractivity contribution >= 4 is 12.4 Å². The quantitative estimate of drug-likeness (QED) is 0.663. The lowest BCUT2D eigenvalue weighted by atomic mass is 9.86. The number of piperidine rings is 1. The lowest BCUT2D eigenvalue weighted by Crippen LogP contribution is -2.54. The lowest BCUT2D eigenvalue weighted by molar-refractivity contribution is -0.113. The number of nitrogens with zero attached hydrogens (tertiary/aromatic N) is 1. The zero-order chi connectivity index (χ0) is 13.3. The van der Waals surface area contributed by atoms with Crippen molar-refractivity contribution in [3.05, 3.63) is 0 Å². The molecule has 98 valence electrons. The number of likely N-dealkylation sites (tertiary alicyclic amines) is 1. The topological polar surface area (TPSA) is 46.6 Å². The summed E-state index contributed by atoms with van der Waals surface area (Å²) in [6.45, 7) is 10.0. The van der Waals surface area contributed by atoms with Gasteiger partial charge < -0.3 is 14.4 Å². The van der Waals surface area contributed by atoms with E-state index in [0.29, 0.717) is 6.54 Å². The molecule has 1 heterocycles. The van der Waals surface area contributed by atoms with Crippen LogP contribution < -0.4 is 0 Å². The zero-order valence-corrected chi connectivity index (χ0v) is 11.4. The molecule has 0 aromatic heterocycles. The van der Waals surface area contributed by atoms with Gasteiger partial charge in [0.25, 0.3) is 0 Å². The van der Waals surface area contributed by atoms with Gasteiger partial charge in [-0.3, -0.25) is 0 Å². The van der Waals surface area contributed by atoms with Crippen LogP contribution in [-0.4, -0.2) is 35.0 Å². The fraction of sp³-hybridized carbons (Fsp3) is 0.846. The highest BCUT2D eigenvalue weighted by atomic mass is 16.6. The second-order valence-electron chi connectivity index (χ2n) is 6.34. The first-order chi connectivity index (χ1) is 7.65. The van der Waals surface area contributed by atoms with E-state index in [4.69, 9.17) is 4.74 Å². The summed E-state index contributed by atoms with van der Waals surface area (Å²) in [6, 6.07) is 0. The van der Waals surface area contributed by atoms with Gasteiger partial charge in [0.15, 0.2) is 0 Å². The van der Waals surface area contributed by atoms with Crippen LogP contribution in [0.5, 0.6) is 0 Å². The van der Waals surface area contributed by atoms with Crippen LogP contribution >= 0.6 is 0 Å². The molecule has 1 saturated heterocycles. The first-order valence-electron chi connectivity index (χ1n) is 6.11. The van der Waals surface area contributed by atoms with Gasteiger partial charge in [-0.05, 0) is 47.5 Å². The Balaban J connectivity index is 2.77. The molecule has 0 aliphatic carbocycles. The molecule has 0 radical (unpaired) electrons. The number of amides is 1. The van der Waals surface area contributed by atoms with Gasteiger partial charge in [-0.25, -0.2) is 4.79 Å². The van der Waals surface area contributed by atoms with Crippen molar-refractivity contribution in [3.8, 4) is 0 Å². The van der Waals surface area contributed by atoms with Crippen LogP contribution in [0.15, 0.2) is 0 Å². The van der Waals surface area contributed by atoms with Gasteiger partial charge in [0.2, 0.25) is 0 Å². The minimum atomic E-state index is -0.499. The molecular weight excluding hydrogens is 218 g/mol. The van der Waals surface area contributed by atoms with E-state index >= 15 is 0 Å². The van der Waals surface area contributed by atoms with Gasteiger partial charge in [0.1, 0.15) is 11.9 Å². The van der Waals surface area contributed by atoms with Gasteiger partial charge in [-0.1, -0.05) is 0 Å². The lowest BCUT2D eigenvalue weighted by Gasteiger charge is -2.44. The molecule has 0 aromatic rings. The highest BCUT2D eigenvalue weighted by molar-refractivity contribution is 5.70. The minimum absolute atomic E-state index is 0.0597. The molecule has 0 aromatic carbocycles. The highest BCUT2D eigenvalue weighted by Crippen LogP contribution is 2.31. The monoisotopic (exact) mass is 241 g/mol. The average Bonchev–Trinajstić information content (AvgIpc) is 2.14. The Bertz CT molecular complexity index is 304. The van der Waals surface area contributed by atoms with E-state index in [1.54, 1.807) is 4.90 Å². The molecule has 1 rings (SSSR count). The van der Waals surface area contributed by atoms with E-state index in [0.717, 1.165) is 19.1 Å². The molecule has 17 heavy (non-hydrogen) atoms. The highest BCUT2D eigenvalue weighted by Gasteiger charge is 2.39. The molecular formula is C13H23NO3. The van der Waals surface area contributed by atoms with Gasteiger partial charge in [-0.2, -0.15) is 0 Å². The molecule has 0 unspecified atom stereocenters. The summed E-state index contributed by atoms with van der Waals surface area (Å²) in [5.74, 6) is -0.0597. The van der Waals surface area contributed by atoms with E-state index in [-0.39, 0.29) is 17.6 Å². The Morgan fingerprint density at radius 3 is 2.47 bits per heavy atom. The molecule has 1 aliphatic heterocycles. The van der Waals surface area contributed by atoms with Crippen LogP contribution in [0.2, 0.25) is 0 Å². The van der Waals surface area contributed by atoms with Gasteiger partial charge >= 0.3 is 6.09 Å². The maximum atomic E-state index is 12.1. The first-order valence-corrected chi connectivity index (χ1v) is 6.11. The Morgan fingerprint density at radius 2 is 2.00 bits per heavy atom. The molecule has 1 aliphatic rings. The number of rotatable bonds is 1. The molecule has 1 atom stereocenters. The normalized spacial score (nSPS) is 24.3. The summed E-state index contributed by atoms with van der Waals surface area (Å²) in [5.41, 5.74) is -0.733. The van der Waals surface area contributed by atoms with E-state index in [1.807, 2.05) is 34.6 Å². The SMILES string of the molecule is CC(C)(C)OC(=O)N1C[C@H](C=O)CCC1(C)C. The molecule has 4 heteroatoms. The Kier molecular flexibility index (Phi) is 3.84. The number of hydrogen-bond donors (Lipinski definition) is 0. The van der Waals surface area contributed by atoms with E-state index in [1.165, 1.54) is 0 Å². The smallest absolute Gasteiger partial charge is 0.410 e. The largest absolute Gasteiger partial charge is 0.444 e. The van der Waals surface area contributed by atoms with Crippen LogP contribution in [0, 0.1) is 5.92 Å². The van der Waals surface area contributed by atoms with Crippen LogP contribution in [0.25, 0.3) is 0 Å². The van der Waals surface area contributed by atoms with Gasteiger partial charge in [-0.15, -0.1) is 0 Å². The van der Waals surface area contributed by atoms with Crippen molar-refractivity contribution in [2.75, 3.05) is 6.54 Å². The summed E-state index contributed by atoms with van der Waals surface area (Å²) in [4.78, 5) is 24.6. The number of ether oxygens (including phenoxy) is 1. The third-order valence-electron chi connectivity index (χ3n) is 3.08. The van der Waals surface area contributed by atoms with Crippen molar-refractivity contribution in [3.63, 3.8) is 0 Å². The standard InChI is InChI=1S/C13H23NO3/c1-12(2,3)17-11(16)14-8-10(9-15)6-7-13(14,4)5/h9-10H,6-8H2,1-5H3/t10-/m1/s1. The zero-order valence-electron chi connectivity index (χ0n) is 11.4.